The summed E-state index contributed by atoms with van der Waals surface area (Å²) in [6.07, 6.45) is 7.20. The zero-order chi connectivity index (χ0) is 24.4. The summed E-state index contributed by atoms with van der Waals surface area (Å²) in [6.45, 7) is 2.90. The van der Waals surface area contributed by atoms with Crippen molar-refractivity contribution in [3.63, 3.8) is 0 Å². The SMILES string of the molecule is CNc1ccc(-c2ncc3c(ncn3CC3CCNCC3)c2-c2ccc(C#N)c(F)c2)cc1C=N. The minimum atomic E-state index is -0.576. The van der Waals surface area contributed by atoms with Crippen LogP contribution in [-0.2, 0) is 6.54 Å². The van der Waals surface area contributed by atoms with E-state index in [4.69, 9.17) is 15.4 Å². The molecule has 35 heavy (non-hydrogen) atoms. The van der Waals surface area contributed by atoms with Gasteiger partial charge in [0.2, 0.25) is 0 Å². The van der Waals surface area contributed by atoms with E-state index in [-0.39, 0.29) is 5.56 Å². The Labute approximate surface area is 203 Å². The molecule has 0 unspecified atom stereocenters. The molecule has 5 rings (SSSR count). The molecule has 1 saturated heterocycles. The minimum Gasteiger partial charge on any atom is -0.388 e. The van der Waals surface area contributed by atoms with Gasteiger partial charge in [-0.25, -0.2) is 9.37 Å². The molecule has 1 fully saturated rings. The molecule has 7 nitrogen and oxygen atoms in total. The largest absolute Gasteiger partial charge is 0.388 e. The predicted molar refractivity (Wildman–Crippen MR) is 136 cm³/mol. The first-order valence-electron chi connectivity index (χ1n) is 11.7. The van der Waals surface area contributed by atoms with Gasteiger partial charge in [0, 0.05) is 42.2 Å². The van der Waals surface area contributed by atoms with Gasteiger partial charge in [-0.15, -0.1) is 0 Å². The van der Waals surface area contributed by atoms with Gasteiger partial charge in [0.1, 0.15) is 17.4 Å². The number of halogens is 1. The number of fused-ring (bicyclic) bond motifs is 1. The van der Waals surface area contributed by atoms with E-state index < -0.39 is 5.82 Å². The van der Waals surface area contributed by atoms with Crippen LogP contribution in [0.5, 0.6) is 0 Å². The summed E-state index contributed by atoms with van der Waals surface area (Å²) < 4.78 is 16.8. The molecule has 0 amide bonds. The van der Waals surface area contributed by atoms with Gasteiger partial charge in [-0.3, -0.25) is 4.98 Å². The van der Waals surface area contributed by atoms with Crippen molar-refractivity contribution >= 4 is 22.9 Å². The molecule has 0 spiro atoms. The number of pyridine rings is 1. The number of nitriles is 1. The Balaban J connectivity index is 1.70. The Morgan fingerprint density at radius 3 is 2.71 bits per heavy atom. The number of piperidine rings is 1. The first kappa shape index (κ1) is 22.7. The molecule has 2 aromatic carbocycles. The van der Waals surface area contributed by atoms with E-state index >= 15 is 0 Å². The molecule has 3 N–H and O–H groups in total. The van der Waals surface area contributed by atoms with Gasteiger partial charge in [0.15, 0.2) is 0 Å². The van der Waals surface area contributed by atoms with E-state index in [0.717, 1.165) is 60.3 Å². The smallest absolute Gasteiger partial charge is 0.141 e. The monoisotopic (exact) mass is 467 g/mol. The number of rotatable bonds is 6. The second kappa shape index (κ2) is 9.65. The lowest BCUT2D eigenvalue weighted by atomic mass is 9.95. The summed E-state index contributed by atoms with van der Waals surface area (Å²) in [4.78, 5) is 9.58. The lowest BCUT2D eigenvalue weighted by Gasteiger charge is -2.23. The number of nitrogens with one attached hydrogen (secondary N) is 3. The van der Waals surface area contributed by atoms with Crippen LogP contribution in [0.4, 0.5) is 10.1 Å². The van der Waals surface area contributed by atoms with E-state index in [1.165, 1.54) is 18.3 Å². The molecule has 1 aliphatic heterocycles. The predicted octanol–water partition coefficient (Wildman–Crippen LogP) is 4.82. The average molecular weight is 468 g/mol. The summed E-state index contributed by atoms with van der Waals surface area (Å²) in [5, 5.41) is 23.5. The maximum Gasteiger partial charge on any atom is 0.141 e. The number of benzene rings is 2. The fourth-order valence-electron chi connectivity index (χ4n) is 4.82. The number of nitrogens with zero attached hydrogens (tertiary/aromatic N) is 4. The Bertz CT molecular complexity index is 1440. The maximum atomic E-state index is 14.7. The molecular formula is C27H26FN7. The van der Waals surface area contributed by atoms with Crippen molar-refractivity contribution in [3.05, 3.63) is 65.9 Å². The Kier molecular flexibility index (Phi) is 6.25. The van der Waals surface area contributed by atoms with Crippen molar-refractivity contribution in [2.45, 2.75) is 19.4 Å². The fourth-order valence-corrected chi connectivity index (χ4v) is 4.82. The van der Waals surface area contributed by atoms with Gasteiger partial charge < -0.3 is 20.6 Å². The third-order valence-electron chi connectivity index (χ3n) is 6.71. The number of aromatic nitrogens is 3. The highest BCUT2D eigenvalue weighted by molar-refractivity contribution is 6.00. The van der Waals surface area contributed by atoms with Gasteiger partial charge in [-0.1, -0.05) is 12.1 Å². The molecule has 0 bridgehead atoms. The van der Waals surface area contributed by atoms with E-state index in [1.807, 2.05) is 43.8 Å². The Morgan fingerprint density at radius 1 is 1.20 bits per heavy atom. The molecule has 8 heteroatoms. The molecule has 4 aromatic rings. The van der Waals surface area contributed by atoms with Crippen molar-refractivity contribution in [3.8, 4) is 28.5 Å². The molecular weight excluding hydrogens is 441 g/mol. The first-order valence-corrected chi connectivity index (χ1v) is 11.7. The van der Waals surface area contributed by atoms with Crippen molar-refractivity contribution in [2.24, 2.45) is 5.92 Å². The quantitative estimate of drug-likeness (QED) is 0.353. The van der Waals surface area contributed by atoms with E-state index in [0.29, 0.717) is 22.7 Å². The number of hydrogen-bond acceptors (Lipinski definition) is 6. The molecule has 176 valence electrons. The first-order chi connectivity index (χ1) is 17.1. The minimum absolute atomic E-state index is 0.00339. The molecule has 0 atom stereocenters. The van der Waals surface area contributed by atoms with Gasteiger partial charge in [-0.05, 0) is 61.7 Å². The summed E-state index contributed by atoms with van der Waals surface area (Å²) in [5.74, 6) is -0.0128. The third kappa shape index (κ3) is 4.27. The van der Waals surface area contributed by atoms with Crippen LogP contribution in [0, 0.1) is 28.5 Å². The van der Waals surface area contributed by atoms with Crippen molar-refractivity contribution in [1.82, 2.24) is 19.9 Å². The number of imidazole rings is 1. The zero-order valence-electron chi connectivity index (χ0n) is 19.5. The van der Waals surface area contributed by atoms with Crippen LogP contribution in [0.25, 0.3) is 33.4 Å². The van der Waals surface area contributed by atoms with Gasteiger partial charge in [-0.2, -0.15) is 5.26 Å². The summed E-state index contributed by atoms with van der Waals surface area (Å²) in [7, 11) is 1.81. The topological polar surface area (TPSA) is 102 Å². The van der Waals surface area contributed by atoms with Crippen molar-refractivity contribution in [2.75, 3.05) is 25.5 Å². The maximum absolute atomic E-state index is 14.7. The van der Waals surface area contributed by atoms with Crippen LogP contribution in [0.1, 0.15) is 24.0 Å². The van der Waals surface area contributed by atoms with Crippen LogP contribution in [0.2, 0.25) is 0 Å². The Hall–Kier alpha value is -4.09. The molecule has 1 aliphatic rings. The van der Waals surface area contributed by atoms with Crippen LogP contribution in [0.15, 0.2) is 48.9 Å². The van der Waals surface area contributed by atoms with Gasteiger partial charge in [0.25, 0.3) is 0 Å². The zero-order valence-corrected chi connectivity index (χ0v) is 19.5. The lowest BCUT2D eigenvalue weighted by Crippen LogP contribution is -2.29. The van der Waals surface area contributed by atoms with Gasteiger partial charge >= 0.3 is 0 Å². The second-order valence-electron chi connectivity index (χ2n) is 8.81. The lowest BCUT2D eigenvalue weighted by molar-refractivity contribution is 0.336. The standard InChI is InChI=1S/C27H26FN7/c1-31-23-5-4-19(10-21(23)13-30)26-25(18-2-3-20(12-29)22(28)11-18)27-24(14-33-26)35(16-34-27)15-17-6-8-32-9-7-17/h2-5,10-11,13-14,16-17,30-32H,6-9,15H2,1H3. The number of anilines is 1. The van der Waals surface area contributed by atoms with Crippen molar-refractivity contribution < 1.29 is 4.39 Å². The molecule has 0 saturated carbocycles. The third-order valence-corrected chi connectivity index (χ3v) is 6.71. The van der Waals surface area contributed by atoms with Crippen LogP contribution < -0.4 is 10.6 Å². The van der Waals surface area contributed by atoms with Crippen LogP contribution in [-0.4, -0.2) is 40.9 Å². The summed E-state index contributed by atoms with van der Waals surface area (Å²) in [5.41, 5.74) is 5.96. The molecule has 2 aromatic heterocycles. The van der Waals surface area contributed by atoms with Gasteiger partial charge in [0.05, 0.1) is 29.3 Å². The highest BCUT2D eigenvalue weighted by Crippen LogP contribution is 2.37. The molecule has 0 aliphatic carbocycles. The van der Waals surface area contributed by atoms with E-state index in [9.17, 15) is 9.65 Å². The summed E-state index contributed by atoms with van der Waals surface area (Å²) >= 11 is 0. The number of hydrogen-bond donors (Lipinski definition) is 3. The fraction of sp³-hybridized carbons (Fsp3) is 0.259. The van der Waals surface area contributed by atoms with Crippen molar-refractivity contribution in [1.29, 1.82) is 10.7 Å². The highest BCUT2D eigenvalue weighted by Gasteiger charge is 2.21. The highest BCUT2D eigenvalue weighted by atomic mass is 19.1. The molecule has 3 heterocycles. The Morgan fingerprint density at radius 2 is 2.00 bits per heavy atom. The van der Waals surface area contributed by atoms with Crippen LogP contribution in [0.3, 0.4) is 0 Å². The summed E-state index contributed by atoms with van der Waals surface area (Å²) in [6, 6.07) is 12.2. The van der Waals surface area contributed by atoms with E-state index in [1.54, 1.807) is 6.07 Å². The van der Waals surface area contributed by atoms with Crippen LogP contribution >= 0.6 is 0 Å². The second-order valence-corrected chi connectivity index (χ2v) is 8.81. The molecule has 0 radical (unpaired) electrons. The average Bonchev–Trinajstić information content (AvgIpc) is 3.30. The normalized spacial score (nSPS) is 14.1. The van der Waals surface area contributed by atoms with E-state index in [2.05, 4.69) is 15.2 Å².